The van der Waals surface area contributed by atoms with E-state index in [1.165, 1.54) is 25.7 Å². The van der Waals surface area contributed by atoms with Gasteiger partial charge in [-0.25, -0.2) is 0 Å². The number of rotatable bonds is 1. The summed E-state index contributed by atoms with van der Waals surface area (Å²) in [4.78, 5) is 2.25. The first-order valence-corrected chi connectivity index (χ1v) is 5.96. The van der Waals surface area contributed by atoms with Gasteiger partial charge < -0.3 is 4.90 Å². The maximum atomic E-state index is 6.01. The van der Waals surface area contributed by atoms with Crippen LogP contribution in [0.3, 0.4) is 0 Å². The summed E-state index contributed by atoms with van der Waals surface area (Å²) in [5.41, 5.74) is 0.915. The lowest BCUT2D eigenvalue weighted by Gasteiger charge is -2.22. The van der Waals surface area contributed by atoms with Crippen LogP contribution >= 0.6 is 23.2 Å². The molecule has 0 unspecified atom stereocenters. The number of hydrogen-bond donors (Lipinski definition) is 0. The molecule has 0 radical (unpaired) electrons. The van der Waals surface area contributed by atoms with Gasteiger partial charge in [-0.2, -0.15) is 0 Å². The molecule has 2 heterocycles. The molecule has 82 valence electrons. The molecule has 1 fully saturated rings. The van der Waals surface area contributed by atoms with Crippen molar-refractivity contribution in [2.45, 2.75) is 25.7 Å². The van der Waals surface area contributed by atoms with Crippen molar-refractivity contribution in [1.82, 2.24) is 10.2 Å². The first-order chi connectivity index (χ1) is 7.27. The van der Waals surface area contributed by atoms with Gasteiger partial charge in [0, 0.05) is 19.2 Å². The van der Waals surface area contributed by atoms with E-state index < -0.39 is 0 Å². The Morgan fingerprint density at radius 2 is 1.67 bits per heavy atom. The molecular weight excluding hydrogens is 233 g/mol. The number of aromatic nitrogens is 2. The molecule has 0 amide bonds. The van der Waals surface area contributed by atoms with Crippen molar-refractivity contribution in [2.24, 2.45) is 0 Å². The van der Waals surface area contributed by atoms with E-state index in [2.05, 4.69) is 15.1 Å². The zero-order chi connectivity index (χ0) is 10.7. The van der Waals surface area contributed by atoms with Crippen molar-refractivity contribution < 1.29 is 0 Å². The third-order valence-electron chi connectivity index (χ3n) is 2.65. The molecule has 1 aromatic rings. The normalized spacial score (nSPS) is 17.6. The van der Waals surface area contributed by atoms with E-state index >= 15 is 0 Å². The maximum Gasteiger partial charge on any atom is 0.175 e. The number of hydrogen-bond acceptors (Lipinski definition) is 3. The Kier molecular flexibility index (Phi) is 3.65. The third-order valence-corrected chi connectivity index (χ3v) is 3.10. The summed E-state index contributed by atoms with van der Waals surface area (Å²) in [6.07, 6.45) is 4.99. The van der Waals surface area contributed by atoms with Crippen LogP contribution in [-0.2, 0) is 0 Å². The molecule has 3 nitrogen and oxygen atoms in total. The van der Waals surface area contributed by atoms with E-state index in [0.29, 0.717) is 10.3 Å². The fourth-order valence-electron chi connectivity index (χ4n) is 1.88. The molecule has 1 aliphatic rings. The molecule has 5 heteroatoms. The van der Waals surface area contributed by atoms with Crippen LogP contribution in [0.15, 0.2) is 6.07 Å². The maximum absolute atomic E-state index is 6.01. The Hall–Kier alpha value is -0.540. The molecule has 1 aromatic heterocycles. The summed E-state index contributed by atoms with van der Waals surface area (Å²) < 4.78 is 0. The first kappa shape index (κ1) is 11.0. The predicted molar refractivity (Wildman–Crippen MR) is 62.7 cm³/mol. The van der Waals surface area contributed by atoms with Gasteiger partial charge in [0.2, 0.25) is 0 Å². The smallest absolute Gasteiger partial charge is 0.175 e. The Labute approximate surface area is 99.4 Å². The number of anilines is 1. The molecule has 1 aliphatic heterocycles. The van der Waals surface area contributed by atoms with E-state index in [9.17, 15) is 0 Å². The van der Waals surface area contributed by atoms with Crippen molar-refractivity contribution in [3.05, 3.63) is 16.4 Å². The van der Waals surface area contributed by atoms with Crippen LogP contribution in [0.5, 0.6) is 0 Å². The minimum atomic E-state index is 0.402. The van der Waals surface area contributed by atoms with Gasteiger partial charge in [-0.3, -0.25) is 0 Å². The lowest BCUT2D eigenvalue weighted by molar-refractivity contribution is 0.726. The van der Waals surface area contributed by atoms with E-state index in [1.54, 1.807) is 6.07 Å². The minimum Gasteiger partial charge on any atom is -0.369 e. The Morgan fingerprint density at radius 1 is 1.00 bits per heavy atom. The van der Waals surface area contributed by atoms with Gasteiger partial charge in [-0.15, -0.1) is 10.2 Å². The lowest BCUT2D eigenvalue weighted by Crippen LogP contribution is -2.24. The fourth-order valence-corrected chi connectivity index (χ4v) is 2.23. The highest BCUT2D eigenvalue weighted by Gasteiger charge is 2.14. The third kappa shape index (κ3) is 2.73. The van der Waals surface area contributed by atoms with Crippen molar-refractivity contribution >= 4 is 28.9 Å². The highest BCUT2D eigenvalue weighted by molar-refractivity contribution is 6.33. The van der Waals surface area contributed by atoms with Crippen molar-refractivity contribution in [1.29, 1.82) is 0 Å². The van der Waals surface area contributed by atoms with E-state index in [-0.39, 0.29) is 0 Å². The highest BCUT2D eigenvalue weighted by Crippen LogP contribution is 2.27. The predicted octanol–water partition coefficient (Wildman–Crippen LogP) is 3.16. The molecule has 2 rings (SSSR count). The SMILES string of the molecule is Clc1cc(N2CCCCCC2)c(Cl)nn1. The fraction of sp³-hybridized carbons (Fsp3) is 0.600. The van der Waals surface area contributed by atoms with Crippen molar-refractivity contribution in [3.63, 3.8) is 0 Å². The highest BCUT2D eigenvalue weighted by atomic mass is 35.5. The standard InChI is InChI=1S/C10H13Cl2N3/c11-9-7-8(10(12)14-13-9)15-5-3-1-2-4-6-15/h7H,1-6H2. The van der Waals surface area contributed by atoms with Gasteiger partial charge >= 0.3 is 0 Å². The molecule has 0 saturated carbocycles. The van der Waals surface area contributed by atoms with Crippen LogP contribution < -0.4 is 4.90 Å². The van der Waals surface area contributed by atoms with Gasteiger partial charge in [0.15, 0.2) is 10.3 Å². The van der Waals surface area contributed by atoms with Gasteiger partial charge in [0.05, 0.1) is 5.69 Å². The summed E-state index contributed by atoms with van der Waals surface area (Å²) >= 11 is 11.8. The molecular formula is C10H13Cl2N3. The van der Waals surface area contributed by atoms with Gasteiger partial charge in [0.25, 0.3) is 0 Å². The molecule has 0 bridgehead atoms. The van der Waals surface area contributed by atoms with Crippen LogP contribution in [0, 0.1) is 0 Å². The molecule has 0 aliphatic carbocycles. The second kappa shape index (κ2) is 4.99. The van der Waals surface area contributed by atoms with Gasteiger partial charge in [-0.1, -0.05) is 36.0 Å². The van der Waals surface area contributed by atoms with Gasteiger partial charge in [-0.05, 0) is 12.8 Å². The monoisotopic (exact) mass is 245 g/mol. The van der Waals surface area contributed by atoms with E-state index in [0.717, 1.165) is 18.8 Å². The Morgan fingerprint density at radius 3 is 2.33 bits per heavy atom. The largest absolute Gasteiger partial charge is 0.369 e. The summed E-state index contributed by atoms with van der Waals surface area (Å²) in [5, 5.41) is 8.39. The van der Waals surface area contributed by atoms with E-state index in [4.69, 9.17) is 23.2 Å². The molecule has 0 spiro atoms. The molecule has 0 aromatic carbocycles. The molecule has 1 saturated heterocycles. The number of nitrogens with zero attached hydrogens (tertiary/aromatic N) is 3. The summed E-state index contributed by atoms with van der Waals surface area (Å²) in [7, 11) is 0. The van der Waals surface area contributed by atoms with Crippen LogP contribution in [0.25, 0.3) is 0 Å². The molecule has 15 heavy (non-hydrogen) atoms. The average molecular weight is 246 g/mol. The number of halogens is 2. The first-order valence-electron chi connectivity index (χ1n) is 5.21. The summed E-state index contributed by atoms with van der Waals surface area (Å²) in [6.45, 7) is 2.06. The van der Waals surface area contributed by atoms with Crippen molar-refractivity contribution in [3.8, 4) is 0 Å². The summed E-state index contributed by atoms with van der Waals surface area (Å²) in [6, 6.07) is 1.79. The van der Waals surface area contributed by atoms with Crippen LogP contribution in [0.1, 0.15) is 25.7 Å². The quantitative estimate of drug-likeness (QED) is 0.762. The topological polar surface area (TPSA) is 29.0 Å². The Bertz CT molecular complexity index is 335. The second-order valence-corrected chi connectivity index (χ2v) is 4.49. The average Bonchev–Trinajstić information content (AvgIpc) is 2.50. The zero-order valence-electron chi connectivity index (χ0n) is 8.42. The summed E-state index contributed by atoms with van der Waals surface area (Å²) in [5.74, 6) is 0. The Balaban J connectivity index is 2.22. The van der Waals surface area contributed by atoms with Gasteiger partial charge in [0.1, 0.15) is 0 Å². The van der Waals surface area contributed by atoms with Crippen LogP contribution in [0.4, 0.5) is 5.69 Å². The van der Waals surface area contributed by atoms with Crippen molar-refractivity contribution in [2.75, 3.05) is 18.0 Å². The van der Waals surface area contributed by atoms with Crippen LogP contribution in [-0.4, -0.2) is 23.3 Å². The molecule has 0 N–H and O–H groups in total. The van der Waals surface area contributed by atoms with Crippen LogP contribution in [0.2, 0.25) is 10.3 Å². The minimum absolute atomic E-state index is 0.402. The van der Waals surface area contributed by atoms with E-state index in [1.807, 2.05) is 0 Å². The lowest BCUT2D eigenvalue weighted by atomic mass is 10.2. The molecule has 0 atom stereocenters. The second-order valence-electron chi connectivity index (χ2n) is 3.74. The zero-order valence-corrected chi connectivity index (χ0v) is 9.93.